The molecule has 3 unspecified atom stereocenters. The summed E-state index contributed by atoms with van der Waals surface area (Å²) in [5.41, 5.74) is 6.31. The van der Waals surface area contributed by atoms with E-state index in [1.807, 2.05) is 0 Å². The van der Waals surface area contributed by atoms with Gasteiger partial charge >= 0.3 is 23.9 Å². The van der Waals surface area contributed by atoms with E-state index in [-0.39, 0.29) is 49.4 Å². The standard InChI is InChI=1S/C24H29NO11/c1-3-14-15(11-21(30)34-9-8-13-4-6-18(26)19(27)10-13)16(22(31)33-2)12-35-24(14)36-23(32)17(25)5-7-20(28)29/h3-4,6,10,12,14-15,17,24,26-27H,1,5,7-9,11,25H2,2H3,(H,28,29)/t14?,15?,17-,24?/m0/s1. The molecule has 0 aromatic heterocycles. The molecule has 0 bridgehead atoms. The third-order valence-corrected chi connectivity index (χ3v) is 5.49. The molecule has 0 aliphatic carbocycles. The summed E-state index contributed by atoms with van der Waals surface area (Å²) in [5.74, 6) is -5.78. The first-order chi connectivity index (χ1) is 17.1. The van der Waals surface area contributed by atoms with Crippen molar-refractivity contribution in [3.63, 3.8) is 0 Å². The van der Waals surface area contributed by atoms with E-state index in [1.54, 1.807) is 6.07 Å². The van der Waals surface area contributed by atoms with Crippen LogP contribution in [-0.4, -0.2) is 65.2 Å². The smallest absolute Gasteiger partial charge is 0.337 e. The molecule has 12 nitrogen and oxygen atoms in total. The van der Waals surface area contributed by atoms with Crippen LogP contribution in [0.15, 0.2) is 42.7 Å². The molecular formula is C24H29NO11. The van der Waals surface area contributed by atoms with E-state index in [0.717, 1.165) is 13.4 Å². The molecule has 0 fully saturated rings. The number of ether oxygens (including phenoxy) is 4. The summed E-state index contributed by atoms with van der Waals surface area (Å²) in [5, 5.41) is 27.7. The number of carboxylic acid groups (broad SMARTS) is 1. The van der Waals surface area contributed by atoms with E-state index in [0.29, 0.717) is 5.56 Å². The number of carbonyl (C=O) groups is 4. The van der Waals surface area contributed by atoms with Gasteiger partial charge in [0.05, 0.1) is 37.9 Å². The summed E-state index contributed by atoms with van der Waals surface area (Å²) in [7, 11) is 1.15. The van der Waals surface area contributed by atoms with Crippen LogP contribution in [0.25, 0.3) is 0 Å². The van der Waals surface area contributed by atoms with E-state index in [2.05, 4.69) is 6.58 Å². The van der Waals surface area contributed by atoms with Crippen LogP contribution in [0.4, 0.5) is 0 Å². The number of hydrogen-bond donors (Lipinski definition) is 4. The van der Waals surface area contributed by atoms with E-state index in [4.69, 9.17) is 29.8 Å². The highest BCUT2D eigenvalue weighted by Gasteiger charge is 2.42. The van der Waals surface area contributed by atoms with Gasteiger partial charge in [-0.2, -0.15) is 0 Å². The van der Waals surface area contributed by atoms with E-state index >= 15 is 0 Å². The minimum atomic E-state index is -1.28. The molecule has 1 heterocycles. The first-order valence-electron chi connectivity index (χ1n) is 11.0. The molecule has 0 saturated carbocycles. The van der Waals surface area contributed by atoms with E-state index < -0.39 is 48.0 Å². The highest BCUT2D eigenvalue weighted by Crippen LogP contribution is 2.36. The topological polar surface area (TPSA) is 192 Å². The SMILES string of the molecule is C=CC1C(OC(=O)[C@@H](N)CCC(=O)O)OC=C(C(=O)OC)C1CC(=O)OCCc1ccc(O)c(O)c1. The molecule has 4 atom stereocenters. The third-order valence-electron chi connectivity index (χ3n) is 5.49. The van der Waals surface area contributed by atoms with Crippen LogP contribution in [0.2, 0.25) is 0 Å². The Morgan fingerprint density at radius 3 is 2.56 bits per heavy atom. The molecule has 5 N–H and O–H groups in total. The number of carboxylic acids is 1. The van der Waals surface area contributed by atoms with Crippen LogP contribution in [-0.2, 0) is 44.5 Å². The average Bonchev–Trinajstić information content (AvgIpc) is 2.84. The minimum Gasteiger partial charge on any atom is -0.504 e. The van der Waals surface area contributed by atoms with Crippen LogP contribution < -0.4 is 5.73 Å². The van der Waals surface area contributed by atoms with Crippen LogP contribution in [0.3, 0.4) is 0 Å². The maximum absolute atomic E-state index is 12.6. The highest BCUT2D eigenvalue weighted by molar-refractivity contribution is 5.90. The highest BCUT2D eigenvalue weighted by atomic mass is 16.7. The van der Waals surface area contributed by atoms with Gasteiger partial charge in [-0.15, -0.1) is 6.58 Å². The van der Waals surface area contributed by atoms with Gasteiger partial charge in [-0.1, -0.05) is 12.1 Å². The van der Waals surface area contributed by atoms with Gasteiger partial charge in [0.2, 0.25) is 6.29 Å². The zero-order chi connectivity index (χ0) is 26.8. The summed E-state index contributed by atoms with van der Waals surface area (Å²) in [4.78, 5) is 47.9. The number of benzene rings is 1. The fourth-order valence-electron chi connectivity index (χ4n) is 3.51. The predicted molar refractivity (Wildman–Crippen MR) is 122 cm³/mol. The van der Waals surface area contributed by atoms with E-state index in [1.165, 1.54) is 18.2 Å². The largest absolute Gasteiger partial charge is 0.504 e. The van der Waals surface area contributed by atoms with Gasteiger partial charge in [0.1, 0.15) is 6.04 Å². The molecule has 1 aliphatic rings. The Morgan fingerprint density at radius 1 is 1.22 bits per heavy atom. The number of hydrogen-bond acceptors (Lipinski definition) is 11. The first kappa shape index (κ1) is 28.2. The average molecular weight is 507 g/mol. The first-order valence-corrected chi connectivity index (χ1v) is 11.0. The van der Waals surface area contributed by atoms with E-state index in [9.17, 15) is 29.4 Å². The molecule has 1 aliphatic heterocycles. The monoisotopic (exact) mass is 507 g/mol. The molecular weight excluding hydrogens is 478 g/mol. The summed E-state index contributed by atoms with van der Waals surface area (Å²) in [6, 6.07) is 3.00. The Morgan fingerprint density at radius 2 is 1.94 bits per heavy atom. The quantitative estimate of drug-likeness (QED) is 0.137. The van der Waals surface area contributed by atoms with Crippen LogP contribution in [0.5, 0.6) is 11.5 Å². The number of phenols is 2. The predicted octanol–water partition coefficient (Wildman–Crippen LogP) is 1.14. The number of aliphatic carboxylic acids is 1. The molecule has 0 spiro atoms. The summed E-state index contributed by atoms with van der Waals surface area (Å²) >= 11 is 0. The maximum atomic E-state index is 12.6. The van der Waals surface area contributed by atoms with Crippen molar-refractivity contribution in [2.45, 2.75) is 38.0 Å². The second-order valence-electron chi connectivity index (χ2n) is 7.96. The Bertz CT molecular complexity index is 1020. The van der Waals surface area contributed by atoms with Crippen molar-refractivity contribution in [3.05, 3.63) is 48.3 Å². The fraction of sp³-hybridized carbons (Fsp3) is 0.417. The second kappa shape index (κ2) is 13.1. The lowest BCUT2D eigenvalue weighted by atomic mass is 9.81. The van der Waals surface area contributed by atoms with Gasteiger partial charge in [-0.25, -0.2) is 4.79 Å². The molecule has 0 amide bonds. The van der Waals surface area contributed by atoms with Gasteiger partial charge in [-0.3, -0.25) is 14.4 Å². The number of aromatic hydroxyl groups is 2. The molecule has 0 radical (unpaired) electrons. The van der Waals surface area contributed by atoms with Crippen LogP contribution in [0, 0.1) is 11.8 Å². The van der Waals surface area contributed by atoms with Crippen molar-refractivity contribution in [1.29, 1.82) is 0 Å². The molecule has 2 rings (SSSR count). The van der Waals surface area contributed by atoms with Gasteiger partial charge in [-0.05, 0) is 24.1 Å². The minimum absolute atomic E-state index is 0.00489. The normalized spacial score (nSPS) is 19.7. The molecule has 1 aromatic carbocycles. The lowest BCUT2D eigenvalue weighted by Crippen LogP contribution is -2.43. The molecule has 196 valence electrons. The maximum Gasteiger partial charge on any atom is 0.337 e. The lowest BCUT2D eigenvalue weighted by Gasteiger charge is -2.35. The lowest BCUT2D eigenvalue weighted by molar-refractivity contribution is -0.184. The molecule has 0 saturated heterocycles. The van der Waals surface area contributed by atoms with Gasteiger partial charge < -0.3 is 40.0 Å². The summed E-state index contributed by atoms with van der Waals surface area (Å²) in [6.45, 7) is 3.64. The number of phenolic OH excluding ortho intramolecular Hbond substituents is 2. The van der Waals surface area contributed by atoms with Gasteiger partial charge in [0.25, 0.3) is 0 Å². The molecule has 36 heavy (non-hydrogen) atoms. The van der Waals surface area contributed by atoms with Crippen LogP contribution >= 0.6 is 0 Å². The van der Waals surface area contributed by atoms with Crippen molar-refractivity contribution in [1.82, 2.24) is 0 Å². The number of esters is 3. The third kappa shape index (κ3) is 7.73. The zero-order valence-corrected chi connectivity index (χ0v) is 19.6. The Balaban J connectivity index is 2.07. The number of carbonyl (C=O) groups excluding carboxylic acids is 3. The van der Waals surface area contributed by atoms with Crippen molar-refractivity contribution in [3.8, 4) is 11.5 Å². The molecule has 12 heteroatoms. The van der Waals surface area contributed by atoms with Crippen molar-refractivity contribution < 1.29 is 53.4 Å². The fourth-order valence-corrected chi connectivity index (χ4v) is 3.51. The summed E-state index contributed by atoms with van der Waals surface area (Å²) < 4.78 is 20.7. The second-order valence-corrected chi connectivity index (χ2v) is 7.96. The Hall–Kier alpha value is -4.06. The summed E-state index contributed by atoms with van der Waals surface area (Å²) in [6.07, 6.45) is 0.566. The molecule has 1 aromatic rings. The van der Waals surface area contributed by atoms with Gasteiger partial charge in [0.15, 0.2) is 11.5 Å². The number of nitrogens with two attached hydrogens (primary N) is 1. The van der Waals surface area contributed by atoms with Crippen molar-refractivity contribution in [2.24, 2.45) is 17.6 Å². The number of rotatable bonds is 12. The van der Waals surface area contributed by atoms with Crippen molar-refractivity contribution in [2.75, 3.05) is 13.7 Å². The van der Waals surface area contributed by atoms with Crippen molar-refractivity contribution >= 4 is 23.9 Å². The van der Waals surface area contributed by atoms with Gasteiger partial charge in [0, 0.05) is 18.8 Å². The number of methoxy groups -OCH3 is 1. The zero-order valence-electron chi connectivity index (χ0n) is 19.6. The Kier molecular flexibility index (Phi) is 10.3. The Labute approximate surface area is 206 Å². The van der Waals surface area contributed by atoms with Crippen LogP contribution in [0.1, 0.15) is 24.8 Å².